The number of amides is 1. The molecule has 2 heterocycles. The van der Waals surface area contributed by atoms with Crippen molar-refractivity contribution in [1.29, 1.82) is 0 Å². The number of aromatic nitrogens is 4. The van der Waals surface area contributed by atoms with Crippen LogP contribution in [0, 0.1) is 0 Å². The van der Waals surface area contributed by atoms with E-state index >= 15 is 0 Å². The van der Waals surface area contributed by atoms with Crippen molar-refractivity contribution in [3.63, 3.8) is 0 Å². The number of ether oxygens (including phenoxy) is 1. The van der Waals surface area contributed by atoms with E-state index in [1.54, 1.807) is 55.5 Å². The van der Waals surface area contributed by atoms with Crippen LogP contribution in [0.2, 0.25) is 0 Å². The van der Waals surface area contributed by atoms with Crippen molar-refractivity contribution in [3.05, 3.63) is 96.2 Å². The van der Waals surface area contributed by atoms with E-state index in [4.69, 9.17) is 14.9 Å². The first-order chi connectivity index (χ1) is 19.2. The van der Waals surface area contributed by atoms with Gasteiger partial charge in [0.1, 0.15) is 17.2 Å². The van der Waals surface area contributed by atoms with E-state index in [1.165, 1.54) is 0 Å². The zero-order valence-corrected chi connectivity index (χ0v) is 21.1. The number of halogens is 3. The summed E-state index contributed by atoms with van der Waals surface area (Å²) in [5.74, 6) is 0.847. The lowest BCUT2D eigenvalue weighted by molar-refractivity contribution is -0.141. The van der Waals surface area contributed by atoms with Gasteiger partial charge in [-0.1, -0.05) is 30.3 Å². The van der Waals surface area contributed by atoms with Crippen molar-refractivity contribution < 1.29 is 27.1 Å². The number of rotatable bonds is 8. The molecular weight excluding hydrogens is 525 g/mol. The lowest BCUT2D eigenvalue weighted by Gasteiger charge is -2.10. The fourth-order valence-corrected chi connectivity index (χ4v) is 3.75. The summed E-state index contributed by atoms with van der Waals surface area (Å²) in [6.07, 6.45) is -4.71. The summed E-state index contributed by atoms with van der Waals surface area (Å²) in [7, 11) is 0. The monoisotopic (exact) mass is 548 g/mol. The Bertz CT molecular complexity index is 1610. The molecule has 9 nitrogen and oxygen atoms in total. The first kappa shape index (κ1) is 26.6. The fourth-order valence-electron chi connectivity index (χ4n) is 3.75. The van der Waals surface area contributed by atoms with Crippen LogP contribution in [0.3, 0.4) is 0 Å². The van der Waals surface area contributed by atoms with Crippen LogP contribution in [0.25, 0.3) is 28.7 Å². The highest BCUT2D eigenvalue weighted by Crippen LogP contribution is 2.34. The zero-order valence-electron chi connectivity index (χ0n) is 21.1. The Labute approximate surface area is 226 Å². The molecule has 5 rings (SSSR count). The minimum Gasteiger partial charge on any atom is -0.457 e. The fraction of sp³-hybridized carbons (Fsp3) is 0.143. The number of benzene rings is 3. The molecule has 0 radical (unpaired) electrons. The van der Waals surface area contributed by atoms with Gasteiger partial charge in [0.25, 0.3) is 5.89 Å². The number of nitrogens with zero attached hydrogens (tertiary/aromatic N) is 4. The van der Waals surface area contributed by atoms with Crippen molar-refractivity contribution in [3.8, 4) is 40.2 Å². The van der Waals surface area contributed by atoms with E-state index in [2.05, 4.69) is 20.6 Å². The zero-order chi connectivity index (χ0) is 28.3. The highest BCUT2D eigenvalue weighted by molar-refractivity contribution is 5.80. The molecule has 0 saturated carbocycles. The first-order valence-corrected chi connectivity index (χ1v) is 12.1. The van der Waals surface area contributed by atoms with Crippen LogP contribution >= 0.6 is 0 Å². The van der Waals surface area contributed by atoms with Crippen molar-refractivity contribution in [2.75, 3.05) is 0 Å². The SMILES string of the molecule is C[C@H](N)C(=O)NCc1cccc(-n2nc(C(F)(F)F)cc2-c2nnc(-c3ccc(Oc4ccccc4)cc3)o2)c1. The number of hydrogen-bond acceptors (Lipinski definition) is 7. The molecule has 2 aromatic heterocycles. The molecule has 1 amide bonds. The van der Waals surface area contributed by atoms with E-state index in [9.17, 15) is 18.0 Å². The normalized spacial score (nSPS) is 12.2. The van der Waals surface area contributed by atoms with Crippen LogP contribution in [-0.2, 0) is 17.5 Å². The van der Waals surface area contributed by atoms with E-state index in [0.29, 0.717) is 28.3 Å². The molecule has 0 fully saturated rings. The van der Waals surface area contributed by atoms with Gasteiger partial charge in [-0.25, -0.2) is 4.68 Å². The van der Waals surface area contributed by atoms with Crippen LogP contribution in [-0.4, -0.2) is 31.9 Å². The molecule has 12 heteroatoms. The summed E-state index contributed by atoms with van der Waals surface area (Å²) in [5.41, 5.74) is 5.88. The molecule has 0 unspecified atom stereocenters. The molecule has 40 heavy (non-hydrogen) atoms. The smallest absolute Gasteiger partial charge is 0.435 e. The van der Waals surface area contributed by atoms with Crippen LogP contribution in [0.5, 0.6) is 11.5 Å². The van der Waals surface area contributed by atoms with Gasteiger partial charge in [-0.2, -0.15) is 18.3 Å². The largest absolute Gasteiger partial charge is 0.457 e. The number of nitrogens with two attached hydrogens (primary N) is 1. The Morgan fingerprint density at radius 3 is 2.38 bits per heavy atom. The lowest BCUT2D eigenvalue weighted by atomic mass is 10.2. The Hall–Kier alpha value is -4.97. The number of hydrogen-bond donors (Lipinski definition) is 2. The third-order valence-electron chi connectivity index (χ3n) is 5.76. The van der Waals surface area contributed by atoms with Crippen LogP contribution in [0.15, 0.2) is 89.3 Å². The van der Waals surface area contributed by atoms with Crippen LogP contribution in [0.1, 0.15) is 18.2 Å². The second kappa shape index (κ2) is 11.0. The van der Waals surface area contributed by atoms with Gasteiger partial charge >= 0.3 is 6.18 Å². The van der Waals surface area contributed by atoms with Crippen LogP contribution < -0.4 is 15.8 Å². The quantitative estimate of drug-likeness (QED) is 0.268. The van der Waals surface area contributed by atoms with E-state index in [-0.39, 0.29) is 29.9 Å². The number of carbonyl (C=O) groups excluding carboxylic acids is 1. The number of carbonyl (C=O) groups is 1. The molecule has 3 aromatic carbocycles. The maximum atomic E-state index is 13.6. The Morgan fingerprint density at radius 2 is 1.68 bits per heavy atom. The van der Waals surface area contributed by atoms with Gasteiger partial charge in [-0.3, -0.25) is 4.79 Å². The second-order valence-electron chi connectivity index (χ2n) is 8.85. The number of alkyl halides is 3. The molecule has 0 aliphatic rings. The standard InChI is InChI=1S/C28H23F3N6O3/c1-17(32)25(38)33-16-18-6-5-7-20(14-18)37-23(15-24(36-37)28(29,30)31)27-35-34-26(40-27)19-10-12-22(13-11-19)39-21-8-3-2-4-9-21/h2-15,17H,16,32H2,1H3,(H,33,38)/t17-/m0/s1. The van der Waals surface area contributed by atoms with Crippen molar-refractivity contribution in [2.45, 2.75) is 25.7 Å². The minimum atomic E-state index is -4.71. The molecule has 204 valence electrons. The number of nitrogens with one attached hydrogen (secondary N) is 1. The van der Waals surface area contributed by atoms with Gasteiger partial charge in [0.2, 0.25) is 11.8 Å². The maximum Gasteiger partial charge on any atom is 0.435 e. The van der Waals surface area contributed by atoms with Gasteiger partial charge in [-0.05, 0) is 61.0 Å². The van der Waals surface area contributed by atoms with Gasteiger partial charge < -0.3 is 20.2 Å². The van der Waals surface area contributed by atoms with Crippen molar-refractivity contribution in [1.82, 2.24) is 25.3 Å². The summed E-state index contributed by atoms with van der Waals surface area (Å²) < 4.78 is 53.5. The highest BCUT2D eigenvalue weighted by Gasteiger charge is 2.36. The van der Waals surface area contributed by atoms with E-state index in [0.717, 1.165) is 10.7 Å². The average Bonchev–Trinajstić information content (AvgIpc) is 3.61. The van der Waals surface area contributed by atoms with Gasteiger partial charge in [0, 0.05) is 18.2 Å². The first-order valence-electron chi connectivity index (χ1n) is 12.1. The van der Waals surface area contributed by atoms with E-state index < -0.39 is 17.9 Å². The Morgan fingerprint density at radius 1 is 0.975 bits per heavy atom. The molecule has 1 atom stereocenters. The molecule has 0 aliphatic heterocycles. The topological polar surface area (TPSA) is 121 Å². The molecular formula is C28H23F3N6O3. The van der Waals surface area contributed by atoms with Gasteiger partial charge in [0.05, 0.1) is 11.7 Å². The third kappa shape index (κ3) is 6.02. The van der Waals surface area contributed by atoms with Gasteiger partial charge in [-0.15, -0.1) is 10.2 Å². The predicted molar refractivity (Wildman–Crippen MR) is 139 cm³/mol. The Balaban J connectivity index is 1.43. The summed E-state index contributed by atoms with van der Waals surface area (Å²) in [4.78, 5) is 11.8. The van der Waals surface area contributed by atoms with Crippen molar-refractivity contribution >= 4 is 5.91 Å². The molecule has 0 saturated heterocycles. The average molecular weight is 549 g/mol. The number of para-hydroxylation sites is 1. The molecule has 0 aliphatic carbocycles. The Kier molecular flexibility index (Phi) is 7.34. The summed E-state index contributed by atoms with van der Waals surface area (Å²) in [6.45, 7) is 1.68. The summed E-state index contributed by atoms with van der Waals surface area (Å²) in [6, 6.07) is 22.8. The molecule has 0 bridgehead atoms. The maximum absolute atomic E-state index is 13.6. The minimum absolute atomic E-state index is 0.0492. The van der Waals surface area contributed by atoms with Crippen LogP contribution in [0.4, 0.5) is 13.2 Å². The highest BCUT2D eigenvalue weighted by atomic mass is 19.4. The van der Waals surface area contributed by atoms with Crippen molar-refractivity contribution in [2.24, 2.45) is 5.73 Å². The van der Waals surface area contributed by atoms with E-state index in [1.807, 2.05) is 30.3 Å². The molecule has 5 aromatic rings. The summed E-state index contributed by atoms with van der Waals surface area (Å²) in [5, 5.41) is 14.4. The second-order valence-corrected chi connectivity index (χ2v) is 8.85. The molecule has 3 N–H and O–H groups in total. The van der Waals surface area contributed by atoms with Gasteiger partial charge in [0.15, 0.2) is 5.69 Å². The third-order valence-corrected chi connectivity index (χ3v) is 5.76. The predicted octanol–water partition coefficient (Wildman–Crippen LogP) is 5.36. The summed E-state index contributed by atoms with van der Waals surface area (Å²) >= 11 is 0. The lowest BCUT2D eigenvalue weighted by Crippen LogP contribution is -2.37. The molecule has 0 spiro atoms.